The second kappa shape index (κ2) is 5.10. The highest BCUT2D eigenvalue weighted by Crippen LogP contribution is 2.28. The van der Waals surface area contributed by atoms with Crippen LogP contribution in [0.1, 0.15) is 10.4 Å². The number of nitrogen functional groups attached to an aromatic ring is 1. The van der Waals surface area contributed by atoms with E-state index in [0.29, 0.717) is 5.69 Å². The summed E-state index contributed by atoms with van der Waals surface area (Å²) in [6.07, 6.45) is 1.68. The number of nitrogens with two attached hydrogens (primary N) is 1. The van der Waals surface area contributed by atoms with E-state index >= 15 is 0 Å². The van der Waals surface area contributed by atoms with Crippen LogP contribution in [0.3, 0.4) is 0 Å². The van der Waals surface area contributed by atoms with Gasteiger partial charge in [-0.3, -0.25) is 0 Å². The lowest BCUT2D eigenvalue weighted by molar-refractivity contribution is 0.0694. The first-order valence-corrected chi connectivity index (χ1v) is 6.67. The van der Waals surface area contributed by atoms with Gasteiger partial charge in [0, 0.05) is 6.07 Å². The van der Waals surface area contributed by atoms with Gasteiger partial charge in [-0.15, -0.1) is 11.8 Å². The first-order chi connectivity index (χ1) is 8.95. The summed E-state index contributed by atoms with van der Waals surface area (Å²) in [4.78, 5) is 11.1. The molecule has 0 spiro atoms. The molecular weight excluding hydrogens is 293 g/mol. The quantitative estimate of drug-likeness (QED) is 0.852. The average Bonchev–Trinajstić information content (AvgIpc) is 2.70. The smallest absolute Gasteiger partial charge is 0.342 e. The highest BCUT2D eigenvalue weighted by Gasteiger charge is 2.22. The third-order valence-electron chi connectivity index (χ3n) is 2.44. The van der Waals surface area contributed by atoms with Crippen molar-refractivity contribution in [3.8, 4) is 5.69 Å². The first kappa shape index (κ1) is 13.7. The Labute approximate surface area is 117 Å². The van der Waals surface area contributed by atoms with Gasteiger partial charge in [0.2, 0.25) is 0 Å². The van der Waals surface area contributed by atoms with E-state index < -0.39 is 11.8 Å². The Morgan fingerprint density at radius 1 is 1.58 bits per heavy atom. The molecule has 1 heterocycles. The molecule has 0 saturated carbocycles. The van der Waals surface area contributed by atoms with E-state index in [1.807, 2.05) is 0 Å². The molecule has 0 aliphatic rings. The number of rotatable bonds is 3. The number of thioether (sulfide) groups is 1. The Morgan fingerprint density at radius 2 is 2.26 bits per heavy atom. The van der Waals surface area contributed by atoms with E-state index in [-0.39, 0.29) is 21.4 Å². The summed E-state index contributed by atoms with van der Waals surface area (Å²) in [6, 6.07) is 4.00. The normalized spacial score (nSPS) is 10.7. The zero-order chi connectivity index (χ0) is 14.2. The van der Waals surface area contributed by atoms with Crippen LogP contribution in [0.2, 0.25) is 5.02 Å². The molecular formula is C11H9ClFN3O2S. The van der Waals surface area contributed by atoms with Gasteiger partial charge >= 0.3 is 5.97 Å². The molecule has 0 fully saturated rings. The highest BCUT2D eigenvalue weighted by molar-refractivity contribution is 7.98. The second-order valence-electron chi connectivity index (χ2n) is 3.58. The SMILES string of the molecule is CSc1nn(-c2ccc(Cl)c(F)c2)c(N)c1C(=O)O. The van der Waals surface area contributed by atoms with Gasteiger partial charge in [-0.05, 0) is 18.4 Å². The van der Waals surface area contributed by atoms with Crippen LogP contribution in [0.4, 0.5) is 10.2 Å². The van der Waals surface area contributed by atoms with Gasteiger partial charge in [0.1, 0.15) is 22.2 Å². The van der Waals surface area contributed by atoms with Crippen LogP contribution in [0.5, 0.6) is 0 Å². The van der Waals surface area contributed by atoms with Crippen molar-refractivity contribution in [3.63, 3.8) is 0 Å². The van der Waals surface area contributed by atoms with Crippen LogP contribution >= 0.6 is 23.4 Å². The number of nitrogens with zero attached hydrogens (tertiary/aromatic N) is 2. The number of hydrogen-bond acceptors (Lipinski definition) is 4. The molecule has 5 nitrogen and oxygen atoms in total. The maximum Gasteiger partial charge on any atom is 0.342 e. The van der Waals surface area contributed by atoms with Crippen molar-refractivity contribution in [1.29, 1.82) is 0 Å². The molecule has 3 N–H and O–H groups in total. The third-order valence-corrected chi connectivity index (χ3v) is 3.42. The topological polar surface area (TPSA) is 81.1 Å². The number of halogens is 2. The Morgan fingerprint density at radius 3 is 2.74 bits per heavy atom. The maximum atomic E-state index is 13.4. The van der Waals surface area contributed by atoms with Crippen LogP contribution < -0.4 is 5.73 Å². The van der Waals surface area contributed by atoms with Gasteiger partial charge in [-0.1, -0.05) is 11.6 Å². The Balaban J connectivity index is 2.62. The van der Waals surface area contributed by atoms with Crippen LogP contribution in [0.15, 0.2) is 23.2 Å². The molecule has 0 bridgehead atoms. The highest BCUT2D eigenvalue weighted by atomic mass is 35.5. The van der Waals surface area contributed by atoms with Gasteiger partial charge in [0.15, 0.2) is 0 Å². The number of anilines is 1. The number of carboxylic acids is 1. The average molecular weight is 302 g/mol. The van der Waals surface area contributed by atoms with Crippen LogP contribution in [0.25, 0.3) is 5.69 Å². The molecule has 2 aromatic rings. The lowest BCUT2D eigenvalue weighted by Gasteiger charge is -2.04. The lowest BCUT2D eigenvalue weighted by Crippen LogP contribution is -2.06. The van der Waals surface area contributed by atoms with E-state index in [2.05, 4.69) is 5.10 Å². The van der Waals surface area contributed by atoms with Crippen molar-refractivity contribution in [2.75, 3.05) is 12.0 Å². The maximum absolute atomic E-state index is 13.4. The molecule has 2 rings (SSSR count). The van der Waals surface area contributed by atoms with Crippen molar-refractivity contribution in [3.05, 3.63) is 34.6 Å². The van der Waals surface area contributed by atoms with E-state index in [1.165, 1.54) is 16.8 Å². The minimum Gasteiger partial charge on any atom is -0.477 e. The first-order valence-electron chi connectivity index (χ1n) is 5.07. The number of carbonyl (C=O) groups is 1. The summed E-state index contributed by atoms with van der Waals surface area (Å²) in [5.74, 6) is -1.86. The number of benzene rings is 1. The Hall–Kier alpha value is -1.73. The molecule has 1 aromatic heterocycles. The summed E-state index contributed by atoms with van der Waals surface area (Å²) >= 11 is 6.74. The van der Waals surface area contributed by atoms with E-state index in [1.54, 1.807) is 6.26 Å². The minimum absolute atomic E-state index is 0.0296. The summed E-state index contributed by atoms with van der Waals surface area (Å²) in [5, 5.41) is 13.4. The molecule has 0 saturated heterocycles. The van der Waals surface area contributed by atoms with Gasteiger partial charge in [-0.2, -0.15) is 5.10 Å². The molecule has 1 aromatic carbocycles. The molecule has 0 aliphatic carbocycles. The zero-order valence-corrected chi connectivity index (χ0v) is 11.3. The van der Waals surface area contributed by atoms with E-state index in [0.717, 1.165) is 17.8 Å². The number of hydrogen-bond donors (Lipinski definition) is 2. The molecule has 0 atom stereocenters. The Kier molecular flexibility index (Phi) is 3.68. The standard InChI is InChI=1S/C11H9ClFN3O2S/c1-19-10-8(11(17)18)9(14)16(15-10)5-2-3-6(12)7(13)4-5/h2-4H,14H2,1H3,(H,17,18). The van der Waals surface area contributed by atoms with E-state index in [9.17, 15) is 9.18 Å². The summed E-state index contributed by atoms with van der Waals surface area (Å²) < 4.78 is 14.6. The molecule has 0 unspecified atom stereocenters. The fourth-order valence-corrected chi connectivity index (χ4v) is 2.24. The third kappa shape index (κ3) is 2.39. The minimum atomic E-state index is -1.18. The van der Waals surface area contributed by atoms with Gasteiger partial charge in [0.25, 0.3) is 0 Å². The number of carboxylic acid groups (broad SMARTS) is 1. The van der Waals surface area contributed by atoms with Crippen molar-refractivity contribution in [2.45, 2.75) is 5.03 Å². The Bertz CT molecular complexity index is 660. The predicted octanol–water partition coefficient (Wildman–Crippen LogP) is 2.67. The molecule has 0 aliphatic heterocycles. The fraction of sp³-hybridized carbons (Fsp3) is 0.0909. The molecule has 19 heavy (non-hydrogen) atoms. The summed E-state index contributed by atoms with van der Waals surface area (Å²) in [7, 11) is 0. The molecule has 0 amide bonds. The van der Waals surface area contributed by atoms with Crippen molar-refractivity contribution in [1.82, 2.24) is 9.78 Å². The fourth-order valence-electron chi connectivity index (χ4n) is 1.57. The van der Waals surface area contributed by atoms with Crippen LogP contribution in [-0.4, -0.2) is 27.1 Å². The van der Waals surface area contributed by atoms with Crippen LogP contribution in [0, 0.1) is 5.82 Å². The van der Waals surface area contributed by atoms with Crippen molar-refractivity contribution in [2.24, 2.45) is 0 Å². The van der Waals surface area contributed by atoms with Crippen molar-refractivity contribution < 1.29 is 14.3 Å². The van der Waals surface area contributed by atoms with Crippen molar-refractivity contribution >= 4 is 35.1 Å². The summed E-state index contributed by atoms with van der Waals surface area (Å²) in [6.45, 7) is 0. The zero-order valence-electron chi connectivity index (χ0n) is 9.72. The number of aromatic carboxylic acids is 1. The predicted molar refractivity (Wildman–Crippen MR) is 71.7 cm³/mol. The number of aromatic nitrogens is 2. The van der Waals surface area contributed by atoms with Crippen LogP contribution in [-0.2, 0) is 0 Å². The molecule has 8 heteroatoms. The monoisotopic (exact) mass is 301 g/mol. The summed E-state index contributed by atoms with van der Waals surface area (Å²) in [5.41, 5.74) is 5.96. The lowest BCUT2D eigenvalue weighted by atomic mass is 10.3. The molecule has 100 valence electrons. The van der Waals surface area contributed by atoms with E-state index in [4.69, 9.17) is 22.4 Å². The molecule has 0 radical (unpaired) electrons. The second-order valence-corrected chi connectivity index (χ2v) is 4.79. The van der Waals surface area contributed by atoms with Gasteiger partial charge < -0.3 is 10.8 Å². The van der Waals surface area contributed by atoms with Gasteiger partial charge in [-0.25, -0.2) is 13.9 Å². The largest absolute Gasteiger partial charge is 0.477 e. The van der Waals surface area contributed by atoms with Gasteiger partial charge in [0.05, 0.1) is 10.7 Å².